The number of thiazole rings is 1. The first-order valence-electron chi connectivity index (χ1n) is 6.06. The molecule has 0 radical (unpaired) electrons. The van der Waals surface area contributed by atoms with Crippen LogP contribution < -0.4 is 4.90 Å². The van der Waals surface area contributed by atoms with Gasteiger partial charge in [0.2, 0.25) is 0 Å². The first-order valence-corrected chi connectivity index (χ1v) is 7.75. The zero-order valence-corrected chi connectivity index (χ0v) is 11.4. The van der Waals surface area contributed by atoms with Crippen molar-refractivity contribution >= 4 is 38.0 Å². The molecule has 1 aromatic carbocycles. The molecule has 0 spiro atoms. The first-order chi connectivity index (χ1) is 8.90. The normalized spacial score (nSPS) is 15.0. The van der Waals surface area contributed by atoms with Crippen LogP contribution in [-0.4, -0.2) is 11.5 Å². The third-order valence-corrected chi connectivity index (χ3v) is 5.48. The molecule has 1 aliphatic heterocycles. The summed E-state index contributed by atoms with van der Waals surface area (Å²) >= 11 is 3.68. The van der Waals surface area contributed by atoms with Crippen LogP contribution in [0.15, 0.2) is 35.7 Å². The Hall–Kier alpha value is -1.39. The number of hydrogen-bond acceptors (Lipinski definition) is 4. The summed E-state index contributed by atoms with van der Waals surface area (Å²) in [6.45, 7) is 2.10. The van der Waals surface area contributed by atoms with Crippen LogP contribution in [0.4, 0.5) is 5.13 Å². The zero-order chi connectivity index (χ0) is 11.9. The van der Waals surface area contributed by atoms with Gasteiger partial charge in [-0.25, -0.2) is 4.98 Å². The van der Waals surface area contributed by atoms with Crippen LogP contribution in [-0.2, 0) is 13.0 Å². The van der Waals surface area contributed by atoms with Crippen LogP contribution in [0.3, 0.4) is 0 Å². The average Bonchev–Trinajstić information content (AvgIpc) is 3.04. The molecule has 0 unspecified atom stereocenters. The van der Waals surface area contributed by atoms with Crippen LogP contribution in [0, 0.1) is 0 Å². The van der Waals surface area contributed by atoms with Gasteiger partial charge >= 0.3 is 0 Å². The van der Waals surface area contributed by atoms with Crippen molar-refractivity contribution in [2.45, 2.75) is 13.0 Å². The highest BCUT2D eigenvalue weighted by Crippen LogP contribution is 2.33. The fraction of sp³-hybridized carbons (Fsp3) is 0.214. The number of fused-ring (bicyclic) bond motifs is 2. The smallest absolute Gasteiger partial charge is 0.186 e. The van der Waals surface area contributed by atoms with Crippen LogP contribution in [0.25, 0.3) is 10.2 Å². The minimum absolute atomic E-state index is 1.01. The van der Waals surface area contributed by atoms with Gasteiger partial charge in [0.1, 0.15) is 0 Å². The lowest BCUT2D eigenvalue weighted by Gasteiger charge is -2.26. The number of benzene rings is 1. The highest BCUT2D eigenvalue weighted by atomic mass is 32.1. The number of rotatable bonds is 1. The molecule has 0 N–H and O–H groups in total. The molecule has 3 heterocycles. The van der Waals surface area contributed by atoms with Crippen molar-refractivity contribution in [3.63, 3.8) is 0 Å². The second-order valence-electron chi connectivity index (χ2n) is 4.50. The van der Waals surface area contributed by atoms with Crippen molar-refractivity contribution in [1.29, 1.82) is 0 Å². The van der Waals surface area contributed by atoms with Crippen molar-refractivity contribution < 1.29 is 0 Å². The SMILES string of the molecule is c1ccc2sc(N3CCc4sccc4C3)nc2c1. The summed E-state index contributed by atoms with van der Waals surface area (Å²) in [5.41, 5.74) is 2.60. The number of aromatic nitrogens is 1. The Labute approximate surface area is 114 Å². The molecule has 90 valence electrons. The summed E-state index contributed by atoms with van der Waals surface area (Å²) in [5, 5.41) is 3.36. The molecule has 4 rings (SSSR count). The van der Waals surface area contributed by atoms with Crippen LogP contribution in [0.1, 0.15) is 10.4 Å². The van der Waals surface area contributed by atoms with Gasteiger partial charge in [-0.2, -0.15) is 0 Å². The van der Waals surface area contributed by atoms with Gasteiger partial charge in [0.25, 0.3) is 0 Å². The van der Waals surface area contributed by atoms with Gasteiger partial charge in [-0.05, 0) is 35.6 Å². The maximum absolute atomic E-state index is 4.74. The lowest BCUT2D eigenvalue weighted by atomic mass is 10.1. The number of thiophene rings is 1. The molecule has 1 aliphatic rings. The summed E-state index contributed by atoms with van der Waals surface area (Å²) in [6.07, 6.45) is 1.16. The molecule has 2 aromatic heterocycles. The fourth-order valence-corrected chi connectivity index (χ4v) is 4.29. The van der Waals surface area contributed by atoms with Gasteiger partial charge in [-0.1, -0.05) is 23.5 Å². The summed E-state index contributed by atoms with van der Waals surface area (Å²) in [4.78, 5) is 8.69. The lowest BCUT2D eigenvalue weighted by Crippen LogP contribution is -2.29. The Kier molecular flexibility index (Phi) is 2.38. The number of para-hydroxylation sites is 1. The minimum atomic E-state index is 1.01. The Morgan fingerprint density at radius 1 is 1.17 bits per heavy atom. The highest BCUT2D eigenvalue weighted by molar-refractivity contribution is 7.22. The molecule has 0 saturated heterocycles. The highest BCUT2D eigenvalue weighted by Gasteiger charge is 2.19. The largest absolute Gasteiger partial charge is 0.343 e. The Balaban J connectivity index is 1.72. The minimum Gasteiger partial charge on any atom is -0.343 e. The maximum atomic E-state index is 4.74. The second kappa shape index (κ2) is 4.07. The Morgan fingerprint density at radius 3 is 3.06 bits per heavy atom. The van der Waals surface area contributed by atoms with E-state index in [9.17, 15) is 0 Å². The number of nitrogens with zero attached hydrogens (tertiary/aromatic N) is 2. The van der Waals surface area contributed by atoms with Gasteiger partial charge in [-0.15, -0.1) is 11.3 Å². The number of hydrogen-bond donors (Lipinski definition) is 0. The van der Waals surface area contributed by atoms with Crippen molar-refractivity contribution in [2.75, 3.05) is 11.4 Å². The number of anilines is 1. The van der Waals surface area contributed by atoms with E-state index in [1.165, 1.54) is 10.3 Å². The molecule has 0 bridgehead atoms. The van der Waals surface area contributed by atoms with Crippen LogP contribution in [0.5, 0.6) is 0 Å². The van der Waals surface area contributed by atoms with E-state index in [0.29, 0.717) is 0 Å². The molecule has 0 saturated carbocycles. The maximum Gasteiger partial charge on any atom is 0.186 e. The van der Waals surface area contributed by atoms with Crippen LogP contribution in [0.2, 0.25) is 0 Å². The molecule has 4 heteroatoms. The first kappa shape index (κ1) is 10.5. The Bertz CT molecular complexity index is 665. The molecule has 0 aliphatic carbocycles. The molecule has 18 heavy (non-hydrogen) atoms. The van der Waals surface area contributed by atoms with Gasteiger partial charge in [0, 0.05) is 18.0 Å². The van der Waals surface area contributed by atoms with E-state index in [1.54, 1.807) is 16.2 Å². The molecular weight excluding hydrogens is 260 g/mol. The summed E-state index contributed by atoms with van der Waals surface area (Å²) in [7, 11) is 0. The predicted molar refractivity (Wildman–Crippen MR) is 78.7 cm³/mol. The molecule has 0 fully saturated rings. The predicted octanol–water partition coefficient (Wildman–Crippen LogP) is 3.92. The third-order valence-electron chi connectivity index (χ3n) is 3.36. The summed E-state index contributed by atoms with van der Waals surface area (Å²) < 4.78 is 1.28. The molecule has 3 aromatic rings. The van der Waals surface area contributed by atoms with Gasteiger partial charge < -0.3 is 4.90 Å². The zero-order valence-electron chi connectivity index (χ0n) is 9.80. The molecule has 0 atom stereocenters. The quantitative estimate of drug-likeness (QED) is 0.667. The van der Waals surface area contributed by atoms with Crippen LogP contribution >= 0.6 is 22.7 Å². The topological polar surface area (TPSA) is 16.1 Å². The van der Waals surface area contributed by atoms with E-state index in [-0.39, 0.29) is 0 Å². The lowest BCUT2D eigenvalue weighted by molar-refractivity contribution is 0.741. The van der Waals surface area contributed by atoms with Crippen molar-refractivity contribution in [3.05, 3.63) is 46.2 Å². The van der Waals surface area contributed by atoms with Gasteiger partial charge in [-0.3, -0.25) is 0 Å². The molecule has 0 amide bonds. The summed E-state index contributed by atoms with van der Waals surface area (Å²) in [5.74, 6) is 0. The van der Waals surface area contributed by atoms with E-state index < -0.39 is 0 Å². The van der Waals surface area contributed by atoms with Crippen molar-refractivity contribution in [1.82, 2.24) is 4.98 Å². The van der Waals surface area contributed by atoms with Crippen molar-refractivity contribution in [3.8, 4) is 0 Å². The molecular formula is C14H12N2S2. The van der Waals surface area contributed by atoms with E-state index in [4.69, 9.17) is 4.98 Å². The van der Waals surface area contributed by atoms with E-state index >= 15 is 0 Å². The summed E-state index contributed by atoms with van der Waals surface area (Å²) in [6, 6.07) is 10.6. The standard InChI is InChI=1S/C14H12N2S2/c1-2-4-13-11(3-1)15-14(18-13)16-7-5-12-10(9-16)6-8-17-12/h1-4,6,8H,5,7,9H2. The Morgan fingerprint density at radius 2 is 2.11 bits per heavy atom. The van der Waals surface area contributed by atoms with Gasteiger partial charge in [0.15, 0.2) is 5.13 Å². The monoisotopic (exact) mass is 272 g/mol. The van der Waals surface area contributed by atoms with E-state index in [2.05, 4.69) is 40.6 Å². The average molecular weight is 272 g/mol. The molecule has 2 nitrogen and oxygen atoms in total. The fourth-order valence-electron chi connectivity index (χ4n) is 2.41. The second-order valence-corrected chi connectivity index (χ2v) is 6.51. The van der Waals surface area contributed by atoms with Gasteiger partial charge in [0.05, 0.1) is 10.2 Å². The van der Waals surface area contributed by atoms with E-state index in [0.717, 1.165) is 30.2 Å². The van der Waals surface area contributed by atoms with E-state index in [1.807, 2.05) is 11.3 Å². The third kappa shape index (κ3) is 1.64. The van der Waals surface area contributed by atoms with Crippen molar-refractivity contribution in [2.24, 2.45) is 0 Å².